The van der Waals surface area contributed by atoms with Crippen LogP contribution in [0.5, 0.6) is 0 Å². The van der Waals surface area contributed by atoms with E-state index in [1.807, 2.05) is 0 Å². The van der Waals surface area contributed by atoms with E-state index in [2.05, 4.69) is 13.8 Å². The number of hydrogen-bond donors (Lipinski definition) is 2. The first-order chi connectivity index (χ1) is 12.5. The molecule has 2 aliphatic rings. The first kappa shape index (κ1) is 22.1. The molecule has 2 aliphatic heterocycles. The van der Waals surface area contributed by atoms with Crippen molar-refractivity contribution in [2.24, 2.45) is 0 Å². The van der Waals surface area contributed by atoms with Gasteiger partial charge in [0.25, 0.3) is 0 Å². The number of nitrogens with one attached hydrogen (secondary N) is 2. The molecule has 2 fully saturated rings. The molecular weight excluding hydrogens is 332 g/mol. The average Bonchev–Trinajstić information content (AvgIpc) is 3.36. The Morgan fingerprint density at radius 3 is 1.27 bits per heavy atom. The van der Waals surface area contributed by atoms with Gasteiger partial charge in [-0.1, -0.05) is 24.3 Å². The van der Waals surface area contributed by atoms with Crippen LogP contribution in [0.15, 0.2) is 24.3 Å². The topological polar surface area (TPSA) is 89.1 Å². The lowest BCUT2D eigenvalue weighted by molar-refractivity contribution is -0.885. The minimum atomic E-state index is -1.52. The molecule has 0 unspecified atom stereocenters. The van der Waals surface area contributed by atoms with Crippen LogP contribution >= 0.6 is 0 Å². The van der Waals surface area contributed by atoms with Crippen molar-refractivity contribution in [3.63, 3.8) is 0 Å². The lowest BCUT2D eigenvalue weighted by Gasteiger charge is -2.09. The molecule has 2 N–H and O–H groups in total. The summed E-state index contributed by atoms with van der Waals surface area (Å²) in [7, 11) is 0. The lowest BCUT2D eigenvalue weighted by Crippen LogP contribution is -3.09. The van der Waals surface area contributed by atoms with Crippen LogP contribution in [-0.4, -0.2) is 51.2 Å². The average molecular weight is 364 g/mol. The van der Waals surface area contributed by atoms with Crippen LogP contribution in [0.3, 0.4) is 0 Å². The molecular formula is C20H32N2O4. The number of carboxylic acid groups (broad SMARTS) is 2. The lowest BCUT2D eigenvalue weighted by atomic mass is 10.1. The maximum absolute atomic E-state index is 10.3. The van der Waals surface area contributed by atoms with Gasteiger partial charge < -0.3 is 29.6 Å². The maximum atomic E-state index is 10.3. The summed E-state index contributed by atoms with van der Waals surface area (Å²) in [5, 5.41) is 20.6. The second-order valence-electron chi connectivity index (χ2n) is 6.74. The quantitative estimate of drug-likeness (QED) is 0.634. The molecule has 0 aliphatic carbocycles. The number of carbonyl (C=O) groups is 2. The molecule has 1 aromatic carbocycles. The minimum absolute atomic E-state index is 0.363. The van der Waals surface area contributed by atoms with Crippen LogP contribution in [0.2, 0.25) is 0 Å². The van der Waals surface area contributed by atoms with Crippen molar-refractivity contribution in [2.75, 3.05) is 39.3 Å². The molecule has 1 aromatic rings. The van der Waals surface area contributed by atoms with Gasteiger partial charge >= 0.3 is 0 Å². The Morgan fingerprint density at radius 2 is 1.08 bits per heavy atom. The number of benzene rings is 1. The number of hydrogen-bond acceptors (Lipinski definition) is 4. The number of carbonyl (C=O) groups excluding carboxylic acids is 2. The third-order valence-corrected chi connectivity index (χ3v) is 4.99. The maximum Gasteiger partial charge on any atom is 0.0773 e. The van der Waals surface area contributed by atoms with E-state index in [1.165, 1.54) is 77.1 Å². The SMILES string of the molecule is CC[NH+]1CCCC1.CC[NH+]1CCCC1.O=C([O-])c1ccccc1C(=O)[O-]. The van der Waals surface area contributed by atoms with E-state index >= 15 is 0 Å². The van der Waals surface area contributed by atoms with Gasteiger partial charge in [-0.3, -0.25) is 0 Å². The zero-order valence-electron chi connectivity index (χ0n) is 16.0. The van der Waals surface area contributed by atoms with Gasteiger partial charge in [0.2, 0.25) is 0 Å². The molecule has 0 bridgehead atoms. The predicted molar refractivity (Wildman–Crippen MR) is 96.0 cm³/mol. The van der Waals surface area contributed by atoms with E-state index in [0.717, 1.165) is 12.1 Å². The highest BCUT2D eigenvalue weighted by molar-refractivity contribution is 5.99. The van der Waals surface area contributed by atoms with Crippen LogP contribution in [0.1, 0.15) is 60.2 Å². The Balaban J connectivity index is 0.000000207. The fourth-order valence-corrected chi connectivity index (χ4v) is 3.30. The molecule has 6 nitrogen and oxygen atoms in total. The summed E-state index contributed by atoms with van der Waals surface area (Å²) < 4.78 is 0. The standard InChI is InChI=1S/C8H6O4.2C6H13N/c9-7(10)5-3-1-2-4-6(5)8(11)12;2*1-2-7-5-3-4-6-7/h1-4H,(H,9,10)(H,11,12);2*2-6H2,1H3. The van der Waals surface area contributed by atoms with Gasteiger partial charge in [-0.2, -0.15) is 0 Å². The molecule has 0 atom stereocenters. The van der Waals surface area contributed by atoms with Crippen molar-refractivity contribution < 1.29 is 29.6 Å². The molecule has 2 heterocycles. The first-order valence-electron chi connectivity index (χ1n) is 9.68. The van der Waals surface area contributed by atoms with E-state index in [-0.39, 0.29) is 11.1 Å². The van der Waals surface area contributed by atoms with Crippen LogP contribution in [0, 0.1) is 0 Å². The van der Waals surface area contributed by atoms with E-state index < -0.39 is 11.9 Å². The summed E-state index contributed by atoms with van der Waals surface area (Å²) in [5.74, 6) is -3.04. The molecule has 0 spiro atoms. The number of quaternary nitrogens is 2. The summed E-state index contributed by atoms with van der Waals surface area (Å²) in [6.07, 6.45) is 5.85. The smallest absolute Gasteiger partial charge is 0.0773 e. The normalized spacial score (nSPS) is 17.0. The van der Waals surface area contributed by atoms with E-state index in [9.17, 15) is 19.8 Å². The molecule has 146 valence electrons. The van der Waals surface area contributed by atoms with Gasteiger partial charge in [-0.15, -0.1) is 0 Å². The van der Waals surface area contributed by atoms with Gasteiger partial charge in [0, 0.05) is 36.8 Å². The highest BCUT2D eigenvalue weighted by Crippen LogP contribution is 2.05. The molecule has 0 amide bonds. The van der Waals surface area contributed by atoms with Crippen molar-refractivity contribution in [2.45, 2.75) is 39.5 Å². The third-order valence-electron chi connectivity index (χ3n) is 4.99. The second kappa shape index (κ2) is 12.4. The van der Waals surface area contributed by atoms with Crippen molar-refractivity contribution in [1.29, 1.82) is 0 Å². The van der Waals surface area contributed by atoms with Crippen molar-refractivity contribution in [3.05, 3.63) is 35.4 Å². The largest absolute Gasteiger partial charge is 0.545 e. The monoisotopic (exact) mass is 364 g/mol. The summed E-state index contributed by atoms with van der Waals surface area (Å²) in [5.41, 5.74) is -0.727. The Kier molecular flexibility index (Phi) is 10.6. The van der Waals surface area contributed by atoms with Crippen LogP contribution in [0.25, 0.3) is 0 Å². The van der Waals surface area contributed by atoms with Crippen LogP contribution in [0.4, 0.5) is 0 Å². The Morgan fingerprint density at radius 1 is 0.769 bits per heavy atom. The molecule has 6 heteroatoms. The van der Waals surface area contributed by atoms with Gasteiger partial charge in [-0.05, 0) is 13.8 Å². The molecule has 0 radical (unpaired) electrons. The molecule has 26 heavy (non-hydrogen) atoms. The first-order valence-corrected chi connectivity index (χ1v) is 9.68. The third kappa shape index (κ3) is 7.97. The van der Waals surface area contributed by atoms with E-state index in [4.69, 9.17) is 0 Å². The van der Waals surface area contributed by atoms with Crippen LogP contribution < -0.4 is 20.0 Å². The van der Waals surface area contributed by atoms with Crippen molar-refractivity contribution in [1.82, 2.24) is 0 Å². The number of rotatable bonds is 4. The summed E-state index contributed by atoms with van der Waals surface area (Å²) in [6, 6.07) is 5.14. The van der Waals surface area contributed by atoms with E-state index in [0.29, 0.717) is 0 Å². The van der Waals surface area contributed by atoms with Gasteiger partial charge in [0.1, 0.15) is 0 Å². The molecule has 2 saturated heterocycles. The summed E-state index contributed by atoms with van der Waals surface area (Å²) >= 11 is 0. The van der Waals surface area contributed by atoms with Crippen molar-refractivity contribution in [3.8, 4) is 0 Å². The number of likely N-dealkylation sites (tertiary alicyclic amines) is 2. The zero-order chi connectivity index (χ0) is 19.4. The summed E-state index contributed by atoms with van der Waals surface area (Å²) in [6.45, 7) is 12.9. The van der Waals surface area contributed by atoms with Gasteiger partial charge in [0.05, 0.1) is 51.2 Å². The van der Waals surface area contributed by atoms with E-state index in [1.54, 1.807) is 9.80 Å². The number of carboxylic acids is 2. The summed E-state index contributed by atoms with van der Waals surface area (Å²) in [4.78, 5) is 24.2. The van der Waals surface area contributed by atoms with Crippen LogP contribution in [-0.2, 0) is 0 Å². The fourth-order valence-electron chi connectivity index (χ4n) is 3.30. The minimum Gasteiger partial charge on any atom is -0.545 e. The molecule has 0 aromatic heterocycles. The molecule has 3 rings (SSSR count). The highest BCUT2D eigenvalue weighted by atomic mass is 16.4. The van der Waals surface area contributed by atoms with Crippen molar-refractivity contribution >= 4 is 11.9 Å². The highest BCUT2D eigenvalue weighted by Gasteiger charge is 2.11. The molecule has 0 saturated carbocycles. The number of aromatic carboxylic acids is 2. The Labute approximate surface area is 156 Å². The second-order valence-corrected chi connectivity index (χ2v) is 6.74. The Hall–Kier alpha value is -1.92. The Bertz CT molecular complexity index is 501. The predicted octanol–water partition coefficient (Wildman–Crippen LogP) is -2.22. The fraction of sp³-hybridized carbons (Fsp3) is 0.600. The van der Waals surface area contributed by atoms with Gasteiger partial charge in [0.15, 0.2) is 0 Å². The van der Waals surface area contributed by atoms with Gasteiger partial charge in [-0.25, -0.2) is 0 Å². The zero-order valence-corrected chi connectivity index (χ0v) is 16.0.